The van der Waals surface area contributed by atoms with Gasteiger partial charge in [0.1, 0.15) is 5.75 Å². The molecular weight excluding hydrogens is 350 g/mol. The summed E-state index contributed by atoms with van der Waals surface area (Å²) in [6.45, 7) is 12.8. The fourth-order valence-corrected chi connectivity index (χ4v) is 2.89. The van der Waals surface area contributed by atoms with Crippen LogP contribution in [0.3, 0.4) is 0 Å². The number of ether oxygens (including phenoxy) is 1. The molecule has 1 amide bonds. The number of rotatable bonds is 6. The zero-order valence-corrected chi connectivity index (χ0v) is 19.2. The first-order chi connectivity index (χ1) is 13.8. The molecule has 0 heterocycles. The molecular formula is C24H45NO3. The predicted molar refractivity (Wildman–Crippen MR) is 121 cm³/mol. The van der Waals surface area contributed by atoms with Crippen LogP contribution in [0.25, 0.3) is 0 Å². The lowest BCUT2D eigenvalue weighted by atomic mass is 9.91. The highest BCUT2D eigenvalue weighted by Gasteiger charge is 2.12. The van der Waals surface area contributed by atoms with Crippen molar-refractivity contribution in [3.8, 4) is 5.75 Å². The van der Waals surface area contributed by atoms with E-state index in [1.54, 1.807) is 24.3 Å². The third-order valence-electron chi connectivity index (χ3n) is 4.29. The van der Waals surface area contributed by atoms with Crippen LogP contribution in [0.2, 0.25) is 0 Å². The largest absolute Gasteiger partial charge is 0.484 e. The Hall–Kier alpha value is -1.55. The van der Waals surface area contributed by atoms with Gasteiger partial charge in [-0.1, -0.05) is 85.8 Å². The van der Waals surface area contributed by atoms with Crippen LogP contribution in [0.4, 0.5) is 0 Å². The third-order valence-corrected chi connectivity index (χ3v) is 4.29. The van der Waals surface area contributed by atoms with Crippen molar-refractivity contribution in [3.05, 3.63) is 29.8 Å². The molecule has 0 radical (unpaired) electrons. The number of amides is 1. The van der Waals surface area contributed by atoms with Crippen LogP contribution in [0.15, 0.2) is 24.3 Å². The van der Waals surface area contributed by atoms with Gasteiger partial charge in [-0.05, 0) is 36.5 Å². The second-order valence-corrected chi connectivity index (χ2v) is 6.11. The van der Waals surface area contributed by atoms with Crippen molar-refractivity contribution in [2.45, 2.75) is 93.1 Å². The van der Waals surface area contributed by atoms with Gasteiger partial charge in [-0.2, -0.15) is 0 Å². The first-order valence-electron chi connectivity index (χ1n) is 11.4. The van der Waals surface area contributed by atoms with Crippen LogP contribution in [0, 0.1) is 5.92 Å². The Morgan fingerprint density at radius 3 is 1.93 bits per heavy atom. The van der Waals surface area contributed by atoms with Crippen molar-refractivity contribution in [2.24, 2.45) is 5.92 Å². The summed E-state index contributed by atoms with van der Waals surface area (Å²) >= 11 is 0. The molecule has 1 fully saturated rings. The molecule has 0 aliphatic heterocycles. The fourth-order valence-electron chi connectivity index (χ4n) is 2.89. The number of hydrogen-bond acceptors (Lipinski definition) is 3. The Labute approximate surface area is 174 Å². The molecule has 1 aromatic rings. The molecule has 0 spiro atoms. The lowest BCUT2D eigenvalue weighted by Crippen LogP contribution is -2.33. The number of hydrogen-bond donors (Lipinski definition) is 2. The molecule has 0 aromatic heterocycles. The summed E-state index contributed by atoms with van der Waals surface area (Å²) in [5.74, 6) is 1.21. The molecule has 1 aliphatic carbocycles. The molecule has 0 unspecified atom stereocenters. The molecule has 1 saturated carbocycles. The van der Waals surface area contributed by atoms with Gasteiger partial charge in [0.2, 0.25) is 0 Å². The Bertz CT molecular complexity index is 438. The molecule has 2 N–H and O–H groups in total. The van der Waals surface area contributed by atoms with Gasteiger partial charge >= 0.3 is 0 Å². The minimum Gasteiger partial charge on any atom is -0.484 e. The highest BCUT2D eigenvalue weighted by Crippen LogP contribution is 2.21. The number of carbonyl (C=O) groups excluding carboxylic acids is 1. The Morgan fingerprint density at radius 2 is 1.43 bits per heavy atom. The average molecular weight is 396 g/mol. The van der Waals surface area contributed by atoms with Crippen molar-refractivity contribution in [1.29, 1.82) is 0 Å². The standard InChI is InChI=1S/C18H27NO3.3C2H6/c20-13-16-8-10-17(11-9-16)22-14-18(21)19-12-15-6-4-2-1-3-5-7-15;3*1-2/h8-11,15,20H,1-7,12-14H2,(H,19,21);3*1-2H3. The normalized spacial score (nSPS) is 13.7. The summed E-state index contributed by atoms with van der Waals surface area (Å²) in [5, 5.41) is 12.0. The van der Waals surface area contributed by atoms with E-state index < -0.39 is 0 Å². The van der Waals surface area contributed by atoms with Crippen LogP contribution in [-0.2, 0) is 11.4 Å². The van der Waals surface area contributed by atoms with Crippen LogP contribution in [0.1, 0.15) is 92.1 Å². The quantitative estimate of drug-likeness (QED) is 0.610. The monoisotopic (exact) mass is 395 g/mol. The van der Waals surface area contributed by atoms with E-state index in [0.717, 1.165) is 12.1 Å². The summed E-state index contributed by atoms with van der Waals surface area (Å²) in [7, 11) is 0. The maximum atomic E-state index is 11.9. The lowest BCUT2D eigenvalue weighted by molar-refractivity contribution is -0.123. The Balaban J connectivity index is 0. The molecule has 28 heavy (non-hydrogen) atoms. The average Bonchev–Trinajstić information content (AvgIpc) is 2.76. The van der Waals surface area contributed by atoms with Crippen molar-refractivity contribution < 1.29 is 14.6 Å². The molecule has 1 aliphatic rings. The predicted octanol–water partition coefficient (Wildman–Crippen LogP) is 6.11. The molecule has 0 atom stereocenters. The number of benzene rings is 1. The van der Waals surface area contributed by atoms with Gasteiger partial charge < -0.3 is 15.2 Å². The summed E-state index contributed by atoms with van der Waals surface area (Å²) in [6.07, 6.45) is 9.05. The van der Waals surface area contributed by atoms with E-state index >= 15 is 0 Å². The van der Waals surface area contributed by atoms with E-state index in [0.29, 0.717) is 11.7 Å². The van der Waals surface area contributed by atoms with Crippen molar-refractivity contribution in [1.82, 2.24) is 5.32 Å². The number of aliphatic hydroxyl groups is 1. The number of carbonyl (C=O) groups is 1. The SMILES string of the molecule is CC.CC.CC.O=C(COc1ccc(CO)cc1)NCC1CCCCCCC1. The first kappa shape index (κ1) is 28.7. The third kappa shape index (κ3) is 14.5. The van der Waals surface area contributed by atoms with E-state index in [1.165, 1.54) is 44.9 Å². The second kappa shape index (κ2) is 21.7. The number of nitrogens with one attached hydrogen (secondary N) is 1. The van der Waals surface area contributed by atoms with Gasteiger partial charge in [0, 0.05) is 6.54 Å². The summed E-state index contributed by atoms with van der Waals surface area (Å²) in [4.78, 5) is 11.9. The molecule has 4 nitrogen and oxygen atoms in total. The van der Waals surface area contributed by atoms with Gasteiger partial charge in [-0.25, -0.2) is 0 Å². The minimum absolute atomic E-state index is 0.0160. The summed E-state index contributed by atoms with van der Waals surface area (Å²) in [6, 6.07) is 7.13. The molecule has 4 heteroatoms. The molecule has 0 bridgehead atoms. The Morgan fingerprint density at radius 1 is 0.929 bits per heavy atom. The highest BCUT2D eigenvalue weighted by molar-refractivity contribution is 5.77. The van der Waals surface area contributed by atoms with E-state index in [-0.39, 0.29) is 19.1 Å². The zero-order valence-electron chi connectivity index (χ0n) is 19.2. The zero-order chi connectivity index (χ0) is 21.6. The summed E-state index contributed by atoms with van der Waals surface area (Å²) < 4.78 is 5.46. The van der Waals surface area contributed by atoms with Gasteiger partial charge in [0.05, 0.1) is 6.61 Å². The van der Waals surface area contributed by atoms with Gasteiger partial charge in [0.15, 0.2) is 6.61 Å². The smallest absolute Gasteiger partial charge is 0.257 e. The molecule has 1 aromatic carbocycles. The molecule has 164 valence electrons. The Kier molecular flexibility index (Phi) is 22.3. The molecule has 0 saturated heterocycles. The first-order valence-corrected chi connectivity index (χ1v) is 11.4. The van der Waals surface area contributed by atoms with Gasteiger partial charge in [-0.15, -0.1) is 0 Å². The van der Waals surface area contributed by atoms with Crippen molar-refractivity contribution >= 4 is 5.91 Å². The van der Waals surface area contributed by atoms with Crippen LogP contribution >= 0.6 is 0 Å². The number of aliphatic hydroxyl groups excluding tert-OH is 1. The van der Waals surface area contributed by atoms with Gasteiger partial charge in [-0.3, -0.25) is 4.79 Å². The van der Waals surface area contributed by atoms with E-state index in [4.69, 9.17) is 9.84 Å². The van der Waals surface area contributed by atoms with E-state index in [9.17, 15) is 4.79 Å². The topological polar surface area (TPSA) is 58.6 Å². The van der Waals surface area contributed by atoms with Gasteiger partial charge in [0.25, 0.3) is 5.91 Å². The highest BCUT2D eigenvalue weighted by atomic mass is 16.5. The van der Waals surface area contributed by atoms with Crippen LogP contribution in [-0.4, -0.2) is 24.2 Å². The van der Waals surface area contributed by atoms with E-state index in [2.05, 4.69) is 5.32 Å². The van der Waals surface area contributed by atoms with Crippen LogP contribution < -0.4 is 10.1 Å². The molecule has 2 rings (SSSR count). The maximum Gasteiger partial charge on any atom is 0.257 e. The fraction of sp³-hybridized carbons (Fsp3) is 0.708. The second-order valence-electron chi connectivity index (χ2n) is 6.11. The summed E-state index contributed by atoms with van der Waals surface area (Å²) in [5.41, 5.74) is 0.834. The lowest BCUT2D eigenvalue weighted by Gasteiger charge is -2.20. The minimum atomic E-state index is -0.0618. The van der Waals surface area contributed by atoms with E-state index in [1.807, 2.05) is 41.5 Å². The van der Waals surface area contributed by atoms with Crippen LogP contribution in [0.5, 0.6) is 5.75 Å². The maximum absolute atomic E-state index is 11.9. The van der Waals surface area contributed by atoms with Crippen molar-refractivity contribution in [3.63, 3.8) is 0 Å². The van der Waals surface area contributed by atoms with Crippen molar-refractivity contribution in [2.75, 3.05) is 13.2 Å².